The van der Waals surface area contributed by atoms with Crippen molar-refractivity contribution in [3.8, 4) is 0 Å². The van der Waals surface area contributed by atoms with Crippen LogP contribution >= 0.6 is 0 Å². The molecular formula is C52H82N2. The van der Waals surface area contributed by atoms with Crippen LogP contribution in [-0.2, 0) is 0 Å². The van der Waals surface area contributed by atoms with Gasteiger partial charge in [-0.05, 0) is 226 Å². The Labute approximate surface area is 333 Å². The molecular weight excluding hydrogens is 653 g/mol. The van der Waals surface area contributed by atoms with Crippen molar-refractivity contribution in [1.82, 2.24) is 5.32 Å². The number of allylic oxidation sites excluding steroid dienone is 8. The normalized spacial score (nSPS) is 35.6. The summed E-state index contributed by atoms with van der Waals surface area (Å²) in [5.74, 6) is 7.25. The Kier molecular flexibility index (Phi) is 13.8. The molecule has 54 heavy (non-hydrogen) atoms. The molecule has 2 fully saturated rings. The molecule has 3 N–H and O–H groups in total. The standard InChI is InChI=1S/C52H82N2/c1-3-37(34-53)44-32-33-45(49-25-14-13-24-48(44)49)41-30-28-38(29-31-41)36(2)42-20-9-11-23-47(42)51(35-54-52-27-15-19-40-18-7-8-22-46(40)52)50-26-12-10-21-43(50)39-16-5-4-6-17-39/h16,26,33,36-38,41-44,47,51-52,54H,3-15,17-25,27-32,34-35,53H2,1-2H3. The summed E-state index contributed by atoms with van der Waals surface area (Å²) in [6.45, 7) is 7.24. The molecule has 0 radical (unpaired) electrons. The van der Waals surface area contributed by atoms with E-state index in [1.54, 1.807) is 0 Å². The van der Waals surface area contributed by atoms with Crippen LogP contribution in [0, 0.1) is 53.3 Å². The van der Waals surface area contributed by atoms with Crippen LogP contribution in [0.15, 0.2) is 57.2 Å². The van der Waals surface area contributed by atoms with E-state index in [1.807, 2.05) is 39.0 Å². The van der Waals surface area contributed by atoms with Crippen LogP contribution in [0.25, 0.3) is 0 Å². The fourth-order valence-corrected chi connectivity index (χ4v) is 14.6. The zero-order chi connectivity index (χ0) is 36.9. The van der Waals surface area contributed by atoms with Gasteiger partial charge in [0, 0.05) is 18.5 Å². The van der Waals surface area contributed by atoms with Crippen molar-refractivity contribution in [3.63, 3.8) is 0 Å². The lowest BCUT2D eigenvalue weighted by Gasteiger charge is -2.47. The van der Waals surface area contributed by atoms with Crippen molar-refractivity contribution in [2.45, 2.75) is 200 Å². The van der Waals surface area contributed by atoms with Crippen molar-refractivity contribution in [2.75, 3.05) is 13.1 Å². The SMILES string of the molecule is CCC(CN)C1CC=C(C2CCC(C(C)C3CCCCC3C(CNC3CCCC4=C3CCCC4)C3=CCCCC3C3=CCCCC3)CC2)C2=C1CCCC2. The summed E-state index contributed by atoms with van der Waals surface area (Å²) in [6.07, 6.45) is 47.6. The Morgan fingerprint density at radius 2 is 1.43 bits per heavy atom. The van der Waals surface area contributed by atoms with Crippen LogP contribution in [0.1, 0.15) is 194 Å². The molecule has 0 aromatic rings. The molecule has 0 aromatic heterocycles. The van der Waals surface area contributed by atoms with Crippen LogP contribution in [-0.4, -0.2) is 19.1 Å². The summed E-state index contributed by atoms with van der Waals surface area (Å²) in [4.78, 5) is 0. The largest absolute Gasteiger partial charge is 0.330 e. The summed E-state index contributed by atoms with van der Waals surface area (Å²) in [6, 6.07) is 0.662. The summed E-state index contributed by atoms with van der Waals surface area (Å²) >= 11 is 0. The van der Waals surface area contributed by atoms with Gasteiger partial charge in [-0.25, -0.2) is 0 Å². The van der Waals surface area contributed by atoms with E-state index in [1.165, 1.54) is 186 Å². The molecule has 0 saturated heterocycles. The molecule has 8 aliphatic carbocycles. The van der Waals surface area contributed by atoms with E-state index in [0.717, 1.165) is 53.9 Å². The summed E-state index contributed by atoms with van der Waals surface area (Å²) in [5.41, 5.74) is 19.4. The number of nitrogens with two attached hydrogens (primary N) is 1. The van der Waals surface area contributed by atoms with Gasteiger partial charge in [-0.2, -0.15) is 0 Å². The van der Waals surface area contributed by atoms with Gasteiger partial charge in [0.25, 0.3) is 0 Å². The van der Waals surface area contributed by atoms with Crippen molar-refractivity contribution in [2.24, 2.45) is 59.0 Å². The molecule has 8 atom stereocenters. The molecule has 0 aromatic carbocycles. The first-order chi connectivity index (χ1) is 26.6. The van der Waals surface area contributed by atoms with Crippen molar-refractivity contribution >= 4 is 0 Å². The van der Waals surface area contributed by atoms with E-state index in [4.69, 9.17) is 5.73 Å². The van der Waals surface area contributed by atoms with Crippen LogP contribution in [0.2, 0.25) is 0 Å². The van der Waals surface area contributed by atoms with Crippen LogP contribution in [0.4, 0.5) is 0 Å². The lowest BCUT2D eigenvalue weighted by Crippen LogP contribution is -2.44. The number of nitrogens with one attached hydrogen (secondary N) is 1. The van der Waals surface area contributed by atoms with E-state index in [0.29, 0.717) is 12.0 Å². The highest BCUT2D eigenvalue weighted by molar-refractivity contribution is 5.43. The second-order valence-electron chi connectivity index (χ2n) is 20.2. The van der Waals surface area contributed by atoms with E-state index < -0.39 is 0 Å². The van der Waals surface area contributed by atoms with Crippen LogP contribution in [0.3, 0.4) is 0 Å². The quantitative estimate of drug-likeness (QED) is 0.196. The molecule has 8 aliphatic rings. The molecule has 0 spiro atoms. The highest BCUT2D eigenvalue weighted by Gasteiger charge is 2.43. The van der Waals surface area contributed by atoms with Gasteiger partial charge in [0.15, 0.2) is 0 Å². The summed E-state index contributed by atoms with van der Waals surface area (Å²) in [5, 5.41) is 4.42. The summed E-state index contributed by atoms with van der Waals surface area (Å²) in [7, 11) is 0. The molecule has 2 saturated carbocycles. The second-order valence-corrected chi connectivity index (χ2v) is 20.2. The van der Waals surface area contributed by atoms with E-state index in [-0.39, 0.29) is 0 Å². The third-order valence-electron chi connectivity index (χ3n) is 17.6. The molecule has 0 heterocycles. The highest BCUT2D eigenvalue weighted by atomic mass is 14.9. The van der Waals surface area contributed by atoms with Gasteiger partial charge in [-0.3, -0.25) is 0 Å². The second kappa shape index (κ2) is 18.9. The number of rotatable bonds is 12. The zero-order valence-electron chi connectivity index (χ0n) is 35.3. The number of hydrogen-bond donors (Lipinski definition) is 2. The van der Waals surface area contributed by atoms with Gasteiger partial charge in [-0.15, -0.1) is 0 Å². The fourth-order valence-electron chi connectivity index (χ4n) is 14.6. The maximum absolute atomic E-state index is 6.35. The third-order valence-corrected chi connectivity index (χ3v) is 17.6. The maximum Gasteiger partial charge on any atom is 0.0282 e. The minimum Gasteiger partial charge on any atom is -0.330 e. The zero-order valence-corrected chi connectivity index (χ0v) is 35.3. The highest BCUT2D eigenvalue weighted by Crippen LogP contribution is 2.53. The van der Waals surface area contributed by atoms with E-state index in [9.17, 15) is 0 Å². The van der Waals surface area contributed by atoms with Gasteiger partial charge >= 0.3 is 0 Å². The Morgan fingerprint density at radius 3 is 2.22 bits per heavy atom. The van der Waals surface area contributed by atoms with Crippen LogP contribution < -0.4 is 11.1 Å². The van der Waals surface area contributed by atoms with Gasteiger partial charge in [-0.1, -0.05) is 79.2 Å². The molecule has 8 rings (SSSR count). The smallest absolute Gasteiger partial charge is 0.0282 e. The Hall–Kier alpha value is -1.38. The monoisotopic (exact) mass is 735 g/mol. The fraction of sp³-hybridized carbons (Fsp3) is 0.808. The van der Waals surface area contributed by atoms with Gasteiger partial charge in [0.05, 0.1) is 0 Å². The molecule has 2 heteroatoms. The molecule has 8 unspecified atom stereocenters. The summed E-state index contributed by atoms with van der Waals surface area (Å²) < 4.78 is 0. The molecule has 0 aliphatic heterocycles. The maximum atomic E-state index is 6.35. The van der Waals surface area contributed by atoms with Gasteiger partial charge in [0.2, 0.25) is 0 Å². The minimum absolute atomic E-state index is 0.662. The third kappa shape index (κ3) is 8.57. The Morgan fingerprint density at radius 1 is 0.685 bits per heavy atom. The van der Waals surface area contributed by atoms with Crippen LogP contribution in [0.5, 0.6) is 0 Å². The Bertz CT molecular complexity index is 1410. The average molecular weight is 735 g/mol. The first-order valence-corrected chi connectivity index (χ1v) is 24.6. The lowest BCUT2D eigenvalue weighted by atomic mass is 9.59. The molecule has 0 amide bonds. The van der Waals surface area contributed by atoms with Crippen molar-refractivity contribution in [1.29, 1.82) is 0 Å². The van der Waals surface area contributed by atoms with Crippen molar-refractivity contribution < 1.29 is 0 Å². The average Bonchev–Trinajstić information content (AvgIpc) is 3.24. The predicted octanol–water partition coefficient (Wildman–Crippen LogP) is 13.9. The molecule has 0 bridgehead atoms. The minimum atomic E-state index is 0.662. The topological polar surface area (TPSA) is 38.0 Å². The first kappa shape index (κ1) is 39.4. The van der Waals surface area contributed by atoms with Crippen molar-refractivity contribution in [3.05, 3.63) is 57.2 Å². The molecule has 300 valence electrons. The lowest BCUT2D eigenvalue weighted by molar-refractivity contribution is 0.0714. The molecule has 2 nitrogen and oxygen atoms in total. The van der Waals surface area contributed by atoms with E-state index >= 15 is 0 Å². The Balaban J connectivity index is 0.996. The predicted molar refractivity (Wildman–Crippen MR) is 231 cm³/mol. The van der Waals surface area contributed by atoms with Gasteiger partial charge < -0.3 is 11.1 Å². The van der Waals surface area contributed by atoms with E-state index in [2.05, 4.69) is 37.4 Å². The van der Waals surface area contributed by atoms with Gasteiger partial charge in [0.1, 0.15) is 0 Å². The first-order valence-electron chi connectivity index (χ1n) is 24.6. The number of hydrogen-bond acceptors (Lipinski definition) is 2.